The SMILES string of the molecule is COc1cc(C=O)cc(Br)c1OCC(=O)N(C)C1CC1. The van der Waals surface area contributed by atoms with Gasteiger partial charge in [-0.2, -0.15) is 0 Å². The number of aldehydes is 1. The molecule has 0 aliphatic heterocycles. The van der Waals surface area contributed by atoms with Crippen LogP contribution in [0.3, 0.4) is 0 Å². The summed E-state index contributed by atoms with van der Waals surface area (Å²) in [6.07, 6.45) is 2.84. The van der Waals surface area contributed by atoms with E-state index in [-0.39, 0.29) is 12.5 Å². The molecule has 0 atom stereocenters. The average molecular weight is 342 g/mol. The van der Waals surface area contributed by atoms with Crippen molar-refractivity contribution < 1.29 is 19.1 Å². The van der Waals surface area contributed by atoms with Crippen molar-refractivity contribution in [2.45, 2.75) is 18.9 Å². The molecule has 0 N–H and O–H groups in total. The van der Waals surface area contributed by atoms with Crippen LogP contribution in [0.2, 0.25) is 0 Å². The molecule has 0 aromatic heterocycles. The van der Waals surface area contributed by atoms with Crippen LogP contribution in [0.5, 0.6) is 11.5 Å². The first-order valence-corrected chi connectivity index (χ1v) is 7.07. The molecule has 20 heavy (non-hydrogen) atoms. The summed E-state index contributed by atoms with van der Waals surface area (Å²) in [5.41, 5.74) is 0.475. The number of nitrogens with zero attached hydrogens (tertiary/aromatic N) is 1. The Kier molecular flexibility index (Phi) is 4.65. The third-order valence-corrected chi connectivity index (χ3v) is 3.80. The molecule has 1 aromatic carbocycles. The molecule has 1 aliphatic rings. The van der Waals surface area contributed by atoms with Gasteiger partial charge in [-0.05, 0) is 40.9 Å². The lowest BCUT2D eigenvalue weighted by Crippen LogP contribution is -2.33. The summed E-state index contributed by atoms with van der Waals surface area (Å²) in [5, 5.41) is 0. The number of hydrogen-bond acceptors (Lipinski definition) is 4. The van der Waals surface area contributed by atoms with Crippen molar-refractivity contribution in [3.63, 3.8) is 0 Å². The monoisotopic (exact) mass is 341 g/mol. The van der Waals surface area contributed by atoms with E-state index in [0.29, 0.717) is 27.6 Å². The average Bonchev–Trinajstić information content (AvgIpc) is 3.28. The minimum absolute atomic E-state index is 0.0532. The topological polar surface area (TPSA) is 55.8 Å². The quantitative estimate of drug-likeness (QED) is 0.745. The van der Waals surface area contributed by atoms with Crippen molar-refractivity contribution in [3.8, 4) is 11.5 Å². The predicted octanol–water partition coefficient (Wildman–Crippen LogP) is 2.27. The number of hydrogen-bond donors (Lipinski definition) is 0. The number of ether oxygens (including phenoxy) is 2. The molecule has 108 valence electrons. The molecule has 1 aliphatic carbocycles. The second-order valence-electron chi connectivity index (χ2n) is 4.68. The highest BCUT2D eigenvalue weighted by Crippen LogP contribution is 2.36. The fourth-order valence-electron chi connectivity index (χ4n) is 1.85. The maximum absolute atomic E-state index is 11.9. The van der Waals surface area contributed by atoms with Crippen molar-refractivity contribution in [1.82, 2.24) is 4.90 Å². The molecule has 0 saturated heterocycles. The lowest BCUT2D eigenvalue weighted by Gasteiger charge is -2.18. The zero-order chi connectivity index (χ0) is 14.7. The summed E-state index contributed by atoms with van der Waals surface area (Å²) in [7, 11) is 3.27. The van der Waals surface area contributed by atoms with Crippen LogP contribution in [-0.4, -0.2) is 43.9 Å². The summed E-state index contributed by atoms with van der Waals surface area (Å²) in [4.78, 5) is 24.4. The van der Waals surface area contributed by atoms with Crippen molar-refractivity contribution in [3.05, 3.63) is 22.2 Å². The lowest BCUT2D eigenvalue weighted by atomic mass is 10.2. The Balaban J connectivity index is 2.08. The highest BCUT2D eigenvalue weighted by atomic mass is 79.9. The van der Waals surface area contributed by atoms with Crippen LogP contribution in [0.4, 0.5) is 0 Å². The highest BCUT2D eigenvalue weighted by Gasteiger charge is 2.29. The van der Waals surface area contributed by atoms with Crippen LogP contribution < -0.4 is 9.47 Å². The van der Waals surface area contributed by atoms with Gasteiger partial charge in [0, 0.05) is 18.7 Å². The summed E-state index contributed by atoms with van der Waals surface area (Å²) in [5.74, 6) is 0.778. The molecule has 0 spiro atoms. The first kappa shape index (κ1) is 14.8. The van der Waals surface area contributed by atoms with Gasteiger partial charge in [0.1, 0.15) is 6.29 Å². The third-order valence-electron chi connectivity index (χ3n) is 3.22. The zero-order valence-electron chi connectivity index (χ0n) is 11.4. The fourth-order valence-corrected chi connectivity index (χ4v) is 2.42. The maximum Gasteiger partial charge on any atom is 0.260 e. The molecule has 6 heteroatoms. The van der Waals surface area contributed by atoms with E-state index in [1.165, 1.54) is 7.11 Å². The second kappa shape index (κ2) is 6.26. The van der Waals surface area contributed by atoms with E-state index in [1.54, 1.807) is 24.1 Å². The van der Waals surface area contributed by atoms with Crippen LogP contribution in [0.25, 0.3) is 0 Å². The van der Waals surface area contributed by atoms with E-state index in [2.05, 4.69) is 15.9 Å². The van der Waals surface area contributed by atoms with Gasteiger partial charge in [0.05, 0.1) is 11.6 Å². The molecule has 5 nitrogen and oxygen atoms in total. The number of halogens is 1. The summed E-state index contributed by atoms with van der Waals surface area (Å²) in [6.45, 7) is -0.0532. The Bertz CT molecular complexity index is 528. The van der Waals surface area contributed by atoms with Gasteiger partial charge in [-0.1, -0.05) is 0 Å². The number of methoxy groups -OCH3 is 1. The van der Waals surface area contributed by atoms with E-state index in [9.17, 15) is 9.59 Å². The van der Waals surface area contributed by atoms with Crippen LogP contribution in [0.1, 0.15) is 23.2 Å². The molecule has 1 saturated carbocycles. The van der Waals surface area contributed by atoms with Gasteiger partial charge in [-0.3, -0.25) is 9.59 Å². The largest absolute Gasteiger partial charge is 0.493 e. The number of carbonyl (C=O) groups is 2. The van der Waals surface area contributed by atoms with Crippen LogP contribution in [0, 0.1) is 0 Å². The van der Waals surface area contributed by atoms with E-state index in [1.807, 2.05) is 0 Å². The number of benzene rings is 1. The van der Waals surface area contributed by atoms with E-state index >= 15 is 0 Å². The molecule has 1 aromatic rings. The number of carbonyl (C=O) groups excluding carboxylic acids is 2. The van der Waals surface area contributed by atoms with Crippen molar-refractivity contribution in [2.75, 3.05) is 20.8 Å². The van der Waals surface area contributed by atoms with Gasteiger partial charge >= 0.3 is 0 Å². The maximum atomic E-state index is 11.9. The molecule has 0 bridgehead atoms. The van der Waals surface area contributed by atoms with Crippen LogP contribution in [0.15, 0.2) is 16.6 Å². The van der Waals surface area contributed by atoms with Crippen molar-refractivity contribution in [1.29, 1.82) is 0 Å². The smallest absolute Gasteiger partial charge is 0.260 e. The summed E-state index contributed by atoms with van der Waals surface area (Å²) in [6, 6.07) is 3.55. The Labute approximate surface area is 126 Å². The van der Waals surface area contributed by atoms with E-state index < -0.39 is 0 Å². The molecular weight excluding hydrogens is 326 g/mol. The van der Waals surface area contributed by atoms with Crippen molar-refractivity contribution >= 4 is 28.1 Å². The third kappa shape index (κ3) is 3.30. The van der Waals surface area contributed by atoms with Crippen LogP contribution >= 0.6 is 15.9 Å². The second-order valence-corrected chi connectivity index (χ2v) is 5.53. The van der Waals surface area contributed by atoms with E-state index in [0.717, 1.165) is 19.1 Å². The van der Waals surface area contributed by atoms with E-state index in [4.69, 9.17) is 9.47 Å². The number of likely N-dealkylation sites (N-methyl/N-ethyl adjacent to an activating group) is 1. The Morgan fingerprint density at radius 2 is 2.20 bits per heavy atom. The van der Waals surface area contributed by atoms with Gasteiger partial charge < -0.3 is 14.4 Å². The zero-order valence-corrected chi connectivity index (χ0v) is 13.0. The first-order chi connectivity index (χ1) is 9.56. The van der Waals surface area contributed by atoms with Gasteiger partial charge in [-0.15, -0.1) is 0 Å². The first-order valence-electron chi connectivity index (χ1n) is 6.28. The Hall–Kier alpha value is -1.56. The minimum atomic E-state index is -0.0686. The standard InChI is InChI=1S/C14H16BrNO4/c1-16(10-3-4-10)13(18)8-20-14-11(15)5-9(7-17)6-12(14)19-2/h5-7,10H,3-4,8H2,1-2H3. The number of rotatable bonds is 6. The molecule has 1 amide bonds. The van der Waals surface area contributed by atoms with Crippen molar-refractivity contribution in [2.24, 2.45) is 0 Å². The van der Waals surface area contributed by atoms with Gasteiger partial charge in [0.15, 0.2) is 18.1 Å². The summed E-state index contributed by atoms with van der Waals surface area (Å²) >= 11 is 3.32. The van der Waals surface area contributed by atoms with Gasteiger partial charge in [0.25, 0.3) is 5.91 Å². The number of amides is 1. The molecule has 0 radical (unpaired) electrons. The molecule has 1 fully saturated rings. The molecular formula is C14H16BrNO4. The van der Waals surface area contributed by atoms with Crippen LogP contribution in [-0.2, 0) is 4.79 Å². The summed E-state index contributed by atoms with van der Waals surface area (Å²) < 4.78 is 11.3. The molecule has 0 heterocycles. The highest BCUT2D eigenvalue weighted by molar-refractivity contribution is 9.10. The Morgan fingerprint density at radius 1 is 1.50 bits per heavy atom. The lowest BCUT2D eigenvalue weighted by molar-refractivity contribution is -0.132. The molecule has 2 rings (SSSR count). The molecule has 0 unspecified atom stereocenters. The Morgan fingerprint density at radius 3 is 2.75 bits per heavy atom. The predicted molar refractivity (Wildman–Crippen MR) is 77.4 cm³/mol. The van der Waals surface area contributed by atoms with Gasteiger partial charge in [-0.25, -0.2) is 0 Å². The normalized spacial score (nSPS) is 13.8. The van der Waals surface area contributed by atoms with Gasteiger partial charge in [0.2, 0.25) is 0 Å². The minimum Gasteiger partial charge on any atom is -0.493 e. The fraction of sp³-hybridized carbons (Fsp3) is 0.429.